The van der Waals surface area contributed by atoms with Crippen LogP contribution in [0.5, 0.6) is 5.88 Å². The SMILES string of the molecule is CCOCCOc1ncc(N)c(C)c1Br. The Labute approximate surface area is 97.9 Å². The molecule has 84 valence electrons. The van der Waals surface area contributed by atoms with Gasteiger partial charge in [0.15, 0.2) is 0 Å². The summed E-state index contributed by atoms with van der Waals surface area (Å²) in [6.07, 6.45) is 1.59. The van der Waals surface area contributed by atoms with Gasteiger partial charge in [-0.05, 0) is 35.3 Å². The summed E-state index contributed by atoms with van der Waals surface area (Å²) in [5.41, 5.74) is 7.29. The van der Waals surface area contributed by atoms with Gasteiger partial charge in [-0.1, -0.05) is 0 Å². The molecular weight excluding hydrogens is 260 g/mol. The van der Waals surface area contributed by atoms with Crippen LogP contribution < -0.4 is 10.5 Å². The zero-order valence-corrected chi connectivity index (χ0v) is 10.5. The summed E-state index contributed by atoms with van der Waals surface area (Å²) in [5.74, 6) is 0.557. The van der Waals surface area contributed by atoms with Gasteiger partial charge in [-0.2, -0.15) is 0 Å². The first kappa shape index (κ1) is 12.3. The first-order chi connectivity index (χ1) is 7.16. The van der Waals surface area contributed by atoms with Crippen molar-refractivity contribution in [2.45, 2.75) is 13.8 Å². The van der Waals surface area contributed by atoms with Gasteiger partial charge in [0.25, 0.3) is 0 Å². The first-order valence-corrected chi connectivity index (χ1v) is 5.57. The fourth-order valence-electron chi connectivity index (χ4n) is 1.01. The topological polar surface area (TPSA) is 57.4 Å². The van der Waals surface area contributed by atoms with E-state index in [1.165, 1.54) is 0 Å². The number of ether oxygens (including phenoxy) is 2. The fourth-order valence-corrected chi connectivity index (χ4v) is 1.46. The molecule has 0 amide bonds. The maximum Gasteiger partial charge on any atom is 0.228 e. The number of hydrogen-bond acceptors (Lipinski definition) is 4. The molecule has 5 heteroatoms. The van der Waals surface area contributed by atoms with Crippen LogP contribution in [-0.4, -0.2) is 24.8 Å². The van der Waals surface area contributed by atoms with E-state index in [0.717, 1.165) is 10.0 Å². The highest BCUT2D eigenvalue weighted by Gasteiger charge is 2.08. The van der Waals surface area contributed by atoms with Crippen molar-refractivity contribution in [1.82, 2.24) is 4.98 Å². The van der Waals surface area contributed by atoms with E-state index in [2.05, 4.69) is 20.9 Å². The molecule has 1 aromatic rings. The molecule has 0 aliphatic heterocycles. The molecule has 1 rings (SSSR count). The van der Waals surface area contributed by atoms with Crippen LogP contribution in [0.15, 0.2) is 10.7 Å². The molecule has 0 bridgehead atoms. The molecule has 15 heavy (non-hydrogen) atoms. The van der Waals surface area contributed by atoms with Crippen LogP contribution >= 0.6 is 15.9 Å². The third-order valence-corrected chi connectivity index (χ3v) is 2.88. The summed E-state index contributed by atoms with van der Waals surface area (Å²) in [7, 11) is 0. The van der Waals surface area contributed by atoms with Crippen LogP contribution in [0.3, 0.4) is 0 Å². The van der Waals surface area contributed by atoms with Gasteiger partial charge in [0, 0.05) is 6.61 Å². The van der Waals surface area contributed by atoms with E-state index in [9.17, 15) is 0 Å². The maximum atomic E-state index is 5.69. The highest BCUT2D eigenvalue weighted by Crippen LogP contribution is 2.29. The van der Waals surface area contributed by atoms with Gasteiger partial charge in [0.2, 0.25) is 5.88 Å². The number of pyridine rings is 1. The Balaban J connectivity index is 2.58. The number of anilines is 1. The van der Waals surface area contributed by atoms with Gasteiger partial charge in [-0.15, -0.1) is 0 Å². The lowest BCUT2D eigenvalue weighted by Gasteiger charge is -2.09. The molecule has 2 N–H and O–H groups in total. The molecule has 0 unspecified atom stereocenters. The number of halogens is 1. The van der Waals surface area contributed by atoms with Crippen LogP contribution in [0.2, 0.25) is 0 Å². The van der Waals surface area contributed by atoms with Crippen LogP contribution in [0.25, 0.3) is 0 Å². The lowest BCUT2D eigenvalue weighted by molar-refractivity contribution is 0.108. The van der Waals surface area contributed by atoms with Crippen molar-refractivity contribution in [1.29, 1.82) is 0 Å². The first-order valence-electron chi connectivity index (χ1n) is 4.78. The van der Waals surface area contributed by atoms with E-state index in [-0.39, 0.29) is 0 Å². The molecule has 0 saturated heterocycles. The molecule has 0 aromatic carbocycles. The zero-order chi connectivity index (χ0) is 11.3. The second-order valence-corrected chi connectivity index (χ2v) is 3.80. The molecule has 0 saturated carbocycles. The number of nitrogen functional groups attached to an aromatic ring is 1. The lowest BCUT2D eigenvalue weighted by Crippen LogP contribution is -2.08. The van der Waals surface area contributed by atoms with Crippen molar-refractivity contribution in [3.05, 3.63) is 16.2 Å². The fraction of sp³-hybridized carbons (Fsp3) is 0.500. The average molecular weight is 275 g/mol. The molecule has 0 spiro atoms. The molecule has 0 aliphatic rings. The van der Waals surface area contributed by atoms with Gasteiger partial charge in [0.05, 0.1) is 23.0 Å². The Kier molecular flexibility index (Phi) is 4.84. The Morgan fingerprint density at radius 2 is 2.20 bits per heavy atom. The van der Waals surface area contributed by atoms with Crippen molar-refractivity contribution >= 4 is 21.6 Å². The summed E-state index contributed by atoms with van der Waals surface area (Å²) in [4.78, 5) is 4.09. The normalized spacial score (nSPS) is 10.3. The van der Waals surface area contributed by atoms with E-state index in [1.54, 1.807) is 6.20 Å². The maximum absolute atomic E-state index is 5.69. The highest BCUT2D eigenvalue weighted by molar-refractivity contribution is 9.10. The molecule has 0 aliphatic carbocycles. The number of rotatable bonds is 5. The summed E-state index contributed by atoms with van der Waals surface area (Å²) >= 11 is 3.39. The summed E-state index contributed by atoms with van der Waals surface area (Å²) in [5, 5.41) is 0. The number of nitrogens with zero attached hydrogens (tertiary/aromatic N) is 1. The van der Waals surface area contributed by atoms with Crippen LogP contribution in [-0.2, 0) is 4.74 Å². The minimum absolute atomic E-state index is 0.489. The Bertz CT molecular complexity index is 331. The molecule has 4 nitrogen and oxygen atoms in total. The van der Waals surface area contributed by atoms with E-state index < -0.39 is 0 Å². The number of hydrogen-bond donors (Lipinski definition) is 1. The molecule has 0 radical (unpaired) electrons. The van der Waals surface area contributed by atoms with Gasteiger partial charge in [-0.3, -0.25) is 0 Å². The van der Waals surface area contributed by atoms with Crippen molar-refractivity contribution in [3.8, 4) is 5.88 Å². The largest absolute Gasteiger partial charge is 0.474 e. The molecular formula is C10H15BrN2O2. The molecule has 0 atom stereocenters. The summed E-state index contributed by atoms with van der Waals surface area (Å²) < 4.78 is 11.4. The van der Waals surface area contributed by atoms with Gasteiger partial charge in [0.1, 0.15) is 6.61 Å². The van der Waals surface area contributed by atoms with Crippen LogP contribution in [0.1, 0.15) is 12.5 Å². The van der Waals surface area contributed by atoms with E-state index >= 15 is 0 Å². The average Bonchev–Trinajstić information content (AvgIpc) is 2.24. The zero-order valence-electron chi connectivity index (χ0n) is 8.92. The Morgan fingerprint density at radius 1 is 1.47 bits per heavy atom. The van der Waals surface area contributed by atoms with Gasteiger partial charge in [-0.25, -0.2) is 4.98 Å². The number of nitrogens with two attached hydrogens (primary N) is 1. The van der Waals surface area contributed by atoms with Crippen LogP contribution in [0.4, 0.5) is 5.69 Å². The van der Waals surface area contributed by atoms with Gasteiger partial charge >= 0.3 is 0 Å². The minimum atomic E-state index is 0.489. The van der Waals surface area contributed by atoms with E-state index in [0.29, 0.717) is 31.4 Å². The van der Waals surface area contributed by atoms with Crippen molar-refractivity contribution in [2.24, 2.45) is 0 Å². The monoisotopic (exact) mass is 274 g/mol. The quantitative estimate of drug-likeness (QED) is 0.836. The molecule has 1 aromatic heterocycles. The highest BCUT2D eigenvalue weighted by atomic mass is 79.9. The van der Waals surface area contributed by atoms with E-state index in [1.807, 2.05) is 13.8 Å². The van der Waals surface area contributed by atoms with E-state index in [4.69, 9.17) is 15.2 Å². The Hall–Kier alpha value is -0.810. The standard InChI is InChI=1S/C10H15BrN2O2/c1-3-14-4-5-15-10-9(11)7(2)8(12)6-13-10/h6H,3-5,12H2,1-2H3. The van der Waals surface area contributed by atoms with Gasteiger partial charge < -0.3 is 15.2 Å². The molecule has 0 fully saturated rings. The predicted molar refractivity (Wildman–Crippen MR) is 63.1 cm³/mol. The van der Waals surface area contributed by atoms with Crippen molar-refractivity contribution in [3.63, 3.8) is 0 Å². The van der Waals surface area contributed by atoms with Crippen LogP contribution in [0, 0.1) is 6.92 Å². The third-order valence-electron chi connectivity index (χ3n) is 1.94. The van der Waals surface area contributed by atoms with Crippen molar-refractivity contribution in [2.75, 3.05) is 25.6 Å². The third kappa shape index (κ3) is 3.35. The predicted octanol–water partition coefficient (Wildman–Crippen LogP) is 2.15. The summed E-state index contributed by atoms with van der Waals surface area (Å²) in [6, 6.07) is 0. The number of aromatic nitrogens is 1. The second kappa shape index (κ2) is 5.92. The minimum Gasteiger partial charge on any atom is -0.474 e. The summed E-state index contributed by atoms with van der Waals surface area (Å²) in [6.45, 7) is 5.60. The second-order valence-electron chi connectivity index (χ2n) is 3.00. The Morgan fingerprint density at radius 3 is 2.87 bits per heavy atom. The smallest absolute Gasteiger partial charge is 0.228 e. The van der Waals surface area contributed by atoms with Crippen molar-refractivity contribution < 1.29 is 9.47 Å². The lowest BCUT2D eigenvalue weighted by atomic mass is 10.2. The molecule has 1 heterocycles.